The van der Waals surface area contributed by atoms with E-state index in [0.717, 1.165) is 63.3 Å². The topological polar surface area (TPSA) is 58.8 Å². The molecule has 2 saturated heterocycles. The maximum atomic E-state index is 13.0. The first-order valence-electron chi connectivity index (χ1n) is 10.3. The number of rotatable bonds is 6. The van der Waals surface area contributed by atoms with Crippen LogP contribution in [0.2, 0.25) is 0 Å². The Morgan fingerprint density at radius 1 is 1.14 bits per heavy atom. The molecule has 2 aromatic heterocycles. The van der Waals surface area contributed by atoms with Gasteiger partial charge in [-0.3, -0.25) is 14.7 Å². The molecular formula is C22H29N3O3. The maximum absolute atomic E-state index is 13.0. The molecule has 6 heteroatoms. The van der Waals surface area contributed by atoms with Crippen LogP contribution in [0.3, 0.4) is 0 Å². The smallest absolute Gasteiger partial charge is 0.225 e. The fourth-order valence-corrected chi connectivity index (χ4v) is 4.18. The van der Waals surface area contributed by atoms with Gasteiger partial charge in [0.2, 0.25) is 5.91 Å². The summed E-state index contributed by atoms with van der Waals surface area (Å²) in [5, 5.41) is 0. The van der Waals surface area contributed by atoms with Gasteiger partial charge in [0, 0.05) is 25.2 Å². The third kappa shape index (κ3) is 5.00. The fourth-order valence-electron chi connectivity index (χ4n) is 4.18. The Morgan fingerprint density at radius 3 is 2.79 bits per heavy atom. The van der Waals surface area contributed by atoms with Crippen LogP contribution in [0, 0.1) is 5.92 Å². The van der Waals surface area contributed by atoms with Crippen LogP contribution in [0.15, 0.2) is 47.2 Å². The van der Waals surface area contributed by atoms with Crippen LogP contribution in [0.1, 0.15) is 37.1 Å². The van der Waals surface area contributed by atoms with Gasteiger partial charge in [-0.2, -0.15) is 0 Å². The van der Waals surface area contributed by atoms with Gasteiger partial charge in [-0.15, -0.1) is 0 Å². The molecule has 28 heavy (non-hydrogen) atoms. The standard InChI is InChI=1S/C22H29N3O3/c26-22(18-8-12-24(13-9-18)15-20-7-4-14-27-20)25-11-3-6-21(16-25)28-17-19-5-1-2-10-23-19/h1-2,4-5,7,10,14,18,21H,3,6,8-9,11-13,15-17H2. The Labute approximate surface area is 166 Å². The van der Waals surface area contributed by atoms with Crippen molar-refractivity contribution in [2.45, 2.75) is 44.9 Å². The van der Waals surface area contributed by atoms with Crippen molar-refractivity contribution in [1.82, 2.24) is 14.8 Å². The van der Waals surface area contributed by atoms with Gasteiger partial charge in [0.05, 0.1) is 31.2 Å². The molecule has 0 radical (unpaired) electrons. The summed E-state index contributed by atoms with van der Waals surface area (Å²) in [4.78, 5) is 21.7. The van der Waals surface area contributed by atoms with Crippen LogP contribution in [0.5, 0.6) is 0 Å². The van der Waals surface area contributed by atoms with Crippen LogP contribution < -0.4 is 0 Å². The molecule has 150 valence electrons. The van der Waals surface area contributed by atoms with Gasteiger partial charge in [-0.05, 0) is 63.0 Å². The SMILES string of the molecule is O=C(C1CCN(Cc2ccco2)CC1)N1CCCC(OCc2ccccn2)C1. The lowest BCUT2D eigenvalue weighted by Crippen LogP contribution is -2.48. The lowest BCUT2D eigenvalue weighted by atomic mass is 9.94. The summed E-state index contributed by atoms with van der Waals surface area (Å²) < 4.78 is 11.5. The van der Waals surface area contributed by atoms with Gasteiger partial charge in [0.1, 0.15) is 5.76 Å². The lowest BCUT2D eigenvalue weighted by molar-refractivity contribution is -0.141. The van der Waals surface area contributed by atoms with E-state index in [1.807, 2.05) is 35.2 Å². The molecule has 6 nitrogen and oxygen atoms in total. The maximum Gasteiger partial charge on any atom is 0.225 e. The molecule has 1 amide bonds. The molecule has 1 unspecified atom stereocenters. The second kappa shape index (κ2) is 9.34. The van der Waals surface area contributed by atoms with E-state index in [1.165, 1.54) is 0 Å². The third-order valence-electron chi connectivity index (χ3n) is 5.78. The highest BCUT2D eigenvalue weighted by molar-refractivity contribution is 5.79. The summed E-state index contributed by atoms with van der Waals surface area (Å²) in [6, 6.07) is 9.79. The van der Waals surface area contributed by atoms with E-state index in [-0.39, 0.29) is 12.0 Å². The highest BCUT2D eigenvalue weighted by atomic mass is 16.5. The number of pyridine rings is 1. The fraction of sp³-hybridized carbons (Fsp3) is 0.545. The number of hydrogen-bond donors (Lipinski definition) is 0. The first kappa shape index (κ1) is 19.2. The third-order valence-corrected chi connectivity index (χ3v) is 5.78. The minimum Gasteiger partial charge on any atom is -0.468 e. The van der Waals surface area contributed by atoms with Crippen LogP contribution in [-0.2, 0) is 22.7 Å². The minimum atomic E-state index is 0.110. The van der Waals surface area contributed by atoms with Crippen LogP contribution in [-0.4, -0.2) is 53.0 Å². The van der Waals surface area contributed by atoms with E-state index in [0.29, 0.717) is 19.1 Å². The van der Waals surface area contributed by atoms with Crippen molar-refractivity contribution in [2.24, 2.45) is 5.92 Å². The zero-order chi connectivity index (χ0) is 19.2. The van der Waals surface area contributed by atoms with Crippen molar-refractivity contribution in [1.29, 1.82) is 0 Å². The number of hydrogen-bond acceptors (Lipinski definition) is 5. The average molecular weight is 383 g/mol. The molecule has 0 aromatic carbocycles. The Bertz CT molecular complexity index is 727. The summed E-state index contributed by atoms with van der Waals surface area (Å²) in [5.41, 5.74) is 0.940. The average Bonchev–Trinajstić information content (AvgIpc) is 3.26. The number of carbonyl (C=O) groups excluding carboxylic acids is 1. The summed E-state index contributed by atoms with van der Waals surface area (Å²) in [6.45, 7) is 4.81. The molecule has 2 fully saturated rings. The normalized spacial score (nSPS) is 21.7. The van der Waals surface area contributed by atoms with Gasteiger partial charge in [-0.1, -0.05) is 6.07 Å². The van der Waals surface area contributed by atoms with Gasteiger partial charge >= 0.3 is 0 Å². The van der Waals surface area contributed by atoms with Crippen molar-refractivity contribution in [2.75, 3.05) is 26.2 Å². The van der Waals surface area contributed by atoms with Crippen molar-refractivity contribution < 1.29 is 13.9 Å². The van der Waals surface area contributed by atoms with E-state index >= 15 is 0 Å². The zero-order valence-electron chi connectivity index (χ0n) is 16.3. The Morgan fingerprint density at radius 2 is 2.04 bits per heavy atom. The predicted octanol–water partition coefficient (Wildman–Crippen LogP) is 3.09. The quantitative estimate of drug-likeness (QED) is 0.767. The van der Waals surface area contributed by atoms with E-state index in [2.05, 4.69) is 9.88 Å². The number of furan rings is 1. The lowest BCUT2D eigenvalue weighted by Gasteiger charge is -2.37. The summed E-state index contributed by atoms with van der Waals surface area (Å²) in [5.74, 6) is 1.44. The van der Waals surface area contributed by atoms with Crippen molar-refractivity contribution in [3.63, 3.8) is 0 Å². The van der Waals surface area contributed by atoms with E-state index in [9.17, 15) is 4.79 Å². The van der Waals surface area contributed by atoms with Crippen molar-refractivity contribution in [3.8, 4) is 0 Å². The first-order chi connectivity index (χ1) is 13.8. The van der Waals surface area contributed by atoms with Gasteiger partial charge in [0.15, 0.2) is 0 Å². The number of likely N-dealkylation sites (tertiary alicyclic amines) is 2. The highest BCUT2D eigenvalue weighted by Gasteiger charge is 2.31. The molecule has 4 rings (SSSR count). The summed E-state index contributed by atoms with van der Waals surface area (Å²) in [7, 11) is 0. The van der Waals surface area contributed by atoms with Crippen molar-refractivity contribution in [3.05, 3.63) is 54.2 Å². The summed E-state index contributed by atoms with van der Waals surface area (Å²) in [6.07, 6.45) is 7.49. The van der Waals surface area contributed by atoms with E-state index in [4.69, 9.17) is 9.15 Å². The first-order valence-corrected chi connectivity index (χ1v) is 10.3. The Kier molecular flexibility index (Phi) is 6.39. The number of carbonyl (C=O) groups is 1. The second-order valence-electron chi connectivity index (χ2n) is 7.81. The molecule has 0 bridgehead atoms. The van der Waals surface area contributed by atoms with E-state index in [1.54, 1.807) is 12.5 Å². The number of piperidine rings is 2. The van der Waals surface area contributed by atoms with Crippen molar-refractivity contribution >= 4 is 5.91 Å². The molecule has 4 heterocycles. The number of ether oxygens (including phenoxy) is 1. The molecule has 0 N–H and O–H groups in total. The molecule has 0 aliphatic carbocycles. The van der Waals surface area contributed by atoms with Gasteiger partial charge in [0.25, 0.3) is 0 Å². The molecule has 2 aliphatic heterocycles. The number of amides is 1. The van der Waals surface area contributed by atoms with Crippen LogP contribution in [0.25, 0.3) is 0 Å². The molecule has 0 saturated carbocycles. The highest BCUT2D eigenvalue weighted by Crippen LogP contribution is 2.24. The van der Waals surface area contributed by atoms with Crippen LogP contribution in [0.4, 0.5) is 0 Å². The van der Waals surface area contributed by atoms with E-state index < -0.39 is 0 Å². The number of aromatic nitrogens is 1. The number of nitrogens with zero attached hydrogens (tertiary/aromatic N) is 3. The van der Waals surface area contributed by atoms with Gasteiger partial charge < -0.3 is 14.1 Å². The second-order valence-corrected chi connectivity index (χ2v) is 7.81. The zero-order valence-corrected chi connectivity index (χ0v) is 16.3. The molecule has 2 aromatic rings. The largest absolute Gasteiger partial charge is 0.468 e. The predicted molar refractivity (Wildman–Crippen MR) is 105 cm³/mol. The van der Waals surface area contributed by atoms with Gasteiger partial charge in [-0.25, -0.2) is 0 Å². The summed E-state index contributed by atoms with van der Waals surface area (Å²) >= 11 is 0. The Balaban J connectivity index is 1.23. The molecule has 2 aliphatic rings. The molecular weight excluding hydrogens is 354 g/mol. The molecule has 1 atom stereocenters. The van der Waals surface area contributed by atoms with Crippen LogP contribution >= 0.6 is 0 Å². The minimum absolute atomic E-state index is 0.110. The molecule has 0 spiro atoms. The Hall–Kier alpha value is -2.18. The monoisotopic (exact) mass is 383 g/mol.